The van der Waals surface area contributed by atoms with E-state index in [1.165, 1.54) is 0 Å². The van der Waals surface area contributed by atoms with Crippen molar-refractivity contribution in [3.05, 3.63) is 35.7 Å². The monoisotopic (exact) mass is 246 g/mol. The van der Waals surface area contributed by atoms with E-state index in [4.69, 9.17) is 14.9 Å². The fourth-order valence-corrected chi connectivity index (χ4v) is 1.89. The molecule has 0 aliphatic heterocycles. The predicted octanol–water partition coefficient (Wildman–Crippen LogP) is 2.41. The molecule has 1 aromatic heterocycles. The van der Waals surface area contributed by atoms with Gasteiger partial charge in [-0.25, -0.2) is 4.98 Å². The van der Waals surface area contributed by atoms with E-state index in [0.29, 0.717) is 12.4 Å². The van der Waals surface area contributed by atoms with E-state index in [2.05, 4.69) is 18.0 Å². The van der Waals surface area contributed by atoms with Crippen LogP contribution in [0.15, 0.2) is 28.9 Å². The first-order valence-electron chi connectivity index (χ1n) is 6.10. The smallest absolute Gasteiger partial charge is 0.226 e. The molecule has 0 aliphatic carbocycles. The summed E-state index contributed by atoms with van der Waals surface area (Å²) < 4.78 is 10.8. The van der Waals surface area contributed by atoms with Crippen LogP contribution in [0.5, 0.6) is 5.75 Å². The molecular formula is C14H18N2O2. The maximum Gasteiger partial charge on any atom is 0.226 e. The Labute approximate surface area is 107 Å². The summed E-state index contributed by atoms with van der Waals surface area (Å²) in [5, 5.41) is 0. The van der Waals surface area contributed by atoms with Crippen LogP contribution in [0, 0.1) is 0 Å². The highest BCUT2D eigenvalue weighted by Crippen LogP contribution is 2.26. The van der Waals surface area contributed by atoms with Crippen molar-refractivity contribution in [3.8, 4) is 17.2 Å². The molecule has 0 unspecified atom stereocenters. The number of rotatable bonds is 5. The van der Waals surface area contributed by atoms with Crippen molar-refractivity contribution < 1.29 is 9.15 Å². The van der Waals surface area contributed by atoms with Crippen LogP contribution in [0.25, 0.3) is 11.5 Å². The summed E-state index contributed by atoms with van der Waals surface area (Å²) in [6.45, 7) is 2.67. The molecular weight excluding hydrogens is 228 g/mol. The number of nitrogens with zero attached hydrogens (tertiary/aromatic N) is 1. The van der Waals surface area contributed by atoms with Crippen LogP contribution in [0.3, 0.4) is 0 Å². The second kappa shape index (κ2) is 5.69. The van der Waals surface area contributed by atoms with Crippen molar-refractivity contribution in [3.63, 3.8) is 0 Å². The Morgan fingerprint density at radius 3 is 2.89 bits per heavy atom. The topological polar surface area (TPSA) is 61.3 Å². The summed E-state index contributed by atoms with van der Waals surface area (Å²) in [6, 6.07) is 5.95. The molecule has 0 spiro atoms. The molecule has 18 heavy (non-hydrogen) atoms. The third-order valence-electron chi connectivity index (χ3n) is 2.86. The Morgan fingerprint density at radius 2 is 2.22 bits per heavy atom. The van der Waals surface area contributed by atoms with Gasteiger partial charge in [0.25, 0.3) is 0 Å². The van der Waals surface area contributed by atoms with Crippen LogP contribution in [-0.4, -0.2) is 18.6 Å². The second-order valence-corrected chi connectivity index (χ2v) is 4.06. The summed E-state index contributed by atoms with van der Waals surface area (Å²) in [4.78, 5) is 4.41. The van der Waals surface area contributed by atoms with Gasteiger partial charge in [-0.3, -0.25) is 0 Å². The van der Waals surface area contributed by atoms with Crippen LogP contribution in [0.1, 0.15) is 18.2 Å². The molecule has 96 valence electrons. The lowest BCUT2D eigenvalue weighted by molar-refractivity contribution is 0.410. The van der Waals surface area contributed by atoms with Crippen molar-refractivity contribution in [2.45, 2.75) is 19.8 Å². The minimum atomic E-state index is 0.578. The van der Waals surface area contributed by atoms with Gasteiger partial charge in [0.15, 0.2) is 0 Å². The minimum Gasteiger partial charge on any atom is -0.496 e. The molecule has 4 nitrogen and oxygen atoms in total. The van der Waals surface area contributed by atoms with Crippen molar-refractivity contribution in [2.75, 3.05) is 13.7 Å². The minimum absolute atomic E-state index is 0.578. The highest BCUT2D eigenvalue weighted by molar-refractivity contribution is 5.57. The summed E-state index contributed by atoms with van der Waals surface area (Å²) in [7, 11) is 1.68. The molecule has 0 radical (unpaired) electrons. The molecule has 2 aromatic rings. The largest absolute Gasteiger partial charge is 0.496 e. The second-order valence-electron chi connectivity index (χ2n) is 4.06. The molecule has 0 fully saturated rings. The van der Waals surface area contributed by atoms with Crippen molar-refractivity contribution >= 4 is 0 Å². The SMILES string of the molecule is CCc1cc(-c2nc(CCN)co2)ccc1OC. The molecule has 0 atom stereocenters. The fourth-order valence-electron chi connectivity index (χ4n) is 1.89. The number of hydrogen-bond donors (Lipinski definition) is 1. The summed E-state index contributed by atoms with van der Waals surface area (Å²) in [6.07, 6.45) is 3.31. The number of hydrogen-bond acceptors (Lipinski definition) is 4. The van der Waals surface area contributed by atoms with Gasteiger partial charge in [0.2, 0.25) is 5.89 Å². The molecule has 0 amide bonds. The average Bonchev–Trinajstić information content (AvgIpc) is 2.87. The zero-order valence-corrected chi connectivity index (χ0v) is 10.8. The van der Waals surface area contributed by atoms with Crippen molar-refractivity contribution in [2.24, 2.45) is 5.73 Å². The number of oxazole rings is 1. The van der Waals surface area contributed by atoms with Gasteiger partial charge in [-0.15, -0.1) is 0 Å². The number of nitrogens with two attached hydrogens (primary N) is 1. The Bertz CT molecular complexity index is 520. The van der Waals surface area contributed by atoms with Crippen LogP contribution in [0.4, 0.5) is 0 Å². The molecule has 1 heterocycles. The summed E-state index contributed by atoms with van der Waals surface area (Å²) in [5.74, 6) is 1.53. The number of aryl methyl sites for hydroxylation is 1. The Morgan fingerprint density at radius 1 is 1.39 bits per heavy atom. The third-order valence-corrected chi connectivity index (χ3v) is 2.86. The van der Waals surface area contributed by atoms with E-state index in [0.717, 1.165) is 35.4 Å². The lowest BCUT2D eigenvalue weighted by Crippen LogP contribution is -2.02. The molecule has 0 aliphatic rings. The first-order chi connectivity index (χ1) is 8.78. The van der Waals surface area contributed by atoms with Crippen molar-refractivity contribution in [1.82, 2.24) is 4.98 Å². The standard InChI is InChI=1S/C14H18N2O2/c1-3-10-8-11(4-5-13(10)17-2)14-16-12(6-7-15)9-18-14/h4-5,8-9H,3,6-7,15H2,1-2H3. The van der Waals surface area contributed by atoms with Gasteiger partial charge in [-0.2, -0.15) is 0 Å². The molecule has 0 bridgehead atoms. The van der Waals surface area contributed by atoms with Gasteiger partial charge in [0.05, 0.1) is 12.8 Å². The van der Waals surface area contributed by atoms with Gasteiger partial charge < -0.3 is 14.9 Å². The van der Waals surface area contributed by atoms with E-state index in [9.17, 15) is 0 Å². The Kier molecular flexibility index (Phi) is 3.99. The van der Waals surface area contributed by atoms with Crippen LogP contribution in [-0.2, 0) is 12.8 Å². The highest BCUT2D eigenvalue weighted by Gasteiger charge is 2.09. The molecule has 1 aromatic carbocycles. The van der Waals surface area contributed by atoms with Gasteiger partial charge in [-0.1, -0.05) is 6.92 Å². The molecule has 4 heteroatoms. The molecule has 0 saturated carbocycles. The van der Waals surface area contributed by atoms with E-state index < -0.39 is 0 Å². The molecule has 2 rings (SSSR count). The van der Waals surface area contributed by atoms with Crippen LogP contribution < -0.4 is 10.5 Å². The zero-order valence-electron chi connectivity index (χ0n) is 10.8. The number of methoxy groups -OCH3 is 1. The predicted molar refractivity (Wildman–Crippen MR) is 70.6 cm³/mol. The van der Waals surface area contributed by atoms with Gasteiger partial charge >= 0.3 is 0 Å². The number of aromatic nitrogens is 1. The summed E-state index contributed by atoms with van der Waals surface area (Å²) >= 11 is 0. The maximum absolute atomic E-state index is 5.49. The van der Waals surface area contributed by atoms with E-state index in [1.807, 2.05) is 12.1 Å². The third kappa shape index (κ3) is 2.54. The molecule has 0 saturated heterocycles. The molecule has 2 N–H and O–H groups in total. The van der Waals surface area contributed by atoms with Gasteiger partial charge in [0, 0.05) is 12.0 Å². The van der Waals surface area contributed by atoms with Gasteiger partial charge in [-0.05, 0) is 36.7 Å². The van der Waals surface area contributed by atoms with E-state index >= 15 is 0 Å². The lowest BCUT2D eigenvalue weighted by Gasteiger charge is -2.07. The van der Waals surface area contributed by atoms with E-state index in [1.54, 1.807) is 13.4 Å². The zero-order chi connectivity index (χ0) is 13.0. The van der Waals surface area contributed by atoms with Crippen LogP contribution in [0.2, 0.25) is 0 Å². The summed E-state index contributed by atoms with van der Waals surface area (Å²) in [5.41, 5.74) is 8.50. The fraction of sp³-hybridized carbons (Fsp3) is 0.357. The quantitative estimate of drug-likeness (QED) is 0.880. The lowest BCUT2D eigenvalue weighted by atomic mass is 10.1. The first kappa shape index (κ1) is 12.6. The maximum atomic E-state index is 5.49. The van der Waals surface area contributed by atoms with Crippen LogP contribution >= 0.6 is 0 Å². The number of benzene rings is 1. The average molecular weight is 246 g/mol. The van der Waals surface area contributed by atoms with E-state index in [-0.39, 0.29) is 0 Å². The highest BCUT2D eigenvalue weighted by atomic mass is 16.5. The number of ether oxygens (including phenoxy) is 1. The van der Waals surface area contributed by atoms with Gasteiger partial charge in [0.1, 0.15) is 12.0 Å². The Hall–Kier alpha value is -1.81. The normalized spacial score (nSPS) is 10.6. The first-order valence-corrected chi connectivity index (χ1v) is 6.10. The van der Waals surface area contributed by atoms with Crippen molar-refractivity contribution in [1.29, 1.82) is 0 Å². The Balaban J connectivity index is 2.31.